The number of nitro groups is 1. The smallest absolute Gasteiger partial charge is 0.270 e. The van der Waals surface area contributed by atoms with E-state index in [-0.39, 0.29) is 11.7 Å². The van der Waals surface area contributed by atoms with Crippen LogP contribution in [0, 0.1) is 10.1 Å². The maximum Gasteiger partial charge on any atom is 0.270 e. The number of non-ortho nitro benzene ring substituents is 1. The van der Waals surface area contributed by atoms with E-state index >= 15 is 0 Å². The first-order chi connectivity index (χ1) is 19.2. The zero-order valence-corrected chi connectivity index (χ0v) is 21.1. The van der Waals surface area contributed by atoms with Crippen molar-refractivity contribution in [2.24, 2.45) is 9.98 Å². The highest BCUT2D eigenvalue weighted by molar-refractivity contribution is 5.99. The van der Waals surface area contributed by atoms with Crippen molar-refractivity contribution >= 4 is 29.0 Å². The first-order valence-electron chi connectivity index (χ1n) is 12.5. The quantitative estimate of drug-likeness (QED) is 0.121. The highest BCUT2D eigenvalue weighted by Crippen LogP contribution is 2.33. The van der Waals surface area contributed by atoms with Crippen molar-refractivity contribution in [3.63, 3.8) is 0 Å². The lowest BCUT2D eigenvalue weighted by atomic mass is 9.97. The third-order valence-electron chi connectivity index (χ3n) is 6.21. The van der Waals surface area contributed by atoms with Crippen LogP contribution in [-0.2, 0) is 0 Å². The molecule has 0 fully saturated rings. The van der Waals surface area contributed by atoms with E-state index in [4.69, 9.17) is 9.98 Å². The average molecular weight is 508 g/mol. The van der Waals surface area contributed by atoms with Crippen molar-refractivity contribution in [3.8, 4) is 0 Å². The Hall–Kier alpha value is -5.38. The van der Waals surface area contributed by atoms with Gasteiger partial charge in [0, 0.05) is 23.9 Å². The molecule has 5 aromatic rings. The summed E-state index contributed by atoms with van der Waals surface area (Å²) in [5.41, 5.74) is 6.24. The number of aliphatic imine (C=N–C) groups is 2. The van der Waals surface area contributed by atoms with Gasteiger partial charge in [0.1, 0.15) is 6.04 Å². The molecule has 0 saturated carbocycles. The lowest BCUT2D eigenvalue weighted by molar-refractivity contribution is -0.384. The number of benzene rings is 5. The molecule has 5 heteroatoms. The van der Waals surface area contributed by atoms with Crippen molar-refractivity contribution in [3.05, 3.63) is 177 Å². The zero-order chi connectivity index (χ0) is 26.9. The molecule has 0 spiro atoms. The molecule has 0 N–H and O–H groups in total. The Bertz CT molecular complexity index is 1620. The number of para-hydroxylation sites is 1. The summed E-state index contributed by atoms with van der Waals surface area (Å²) in [5.74, 6) is 3.32. The van der Waals surface area contributed by atoms with Gasteiger partial charge in [0.2, 0.25) is 0 Å². The fraction of sp³-hybridized carbons (Fsp3) is 0.0294. The van der Waals surface area contributed by atoms with Crippen LogP contribution in [0.25, 0.3) is 5.57 Å². The first kappa shape index (κ1) is 25.3. The predicted molar refractivity (Wildman–Crippen MR) is 158 cm³/mol. The van der Waals surface area contributed by atoms with Crippen LogP contribution in [-0.4, -0.2) is 17.0 Å². The molecular formula is C34H25N3O2. The fourth-order valence-electron chi connectivity index (χ4n) is 4.30. The molecule has 0 saturated heterocycles. The summed E-state index contributed by atoms with van der Waals surface area (Å²) in [6.45, 7) is 0. The van der Waals surface area contributed by atoms with Crippen LogP contribution >= 0.6 is 0 Å². The van der Waals surface area contributed by atoms with E-state index in [9.17, 15) is 10.1 Å². The standard InChI is InChI=1S/C34H25N3O2/c38-37(39)30-20-12-13-26(23-30)24-36-34(29-18-8-3-9-19-29)31-21-10-11-22-33(31)35-25-32(27-14-4-1-5-15-27)28-16-6-2-7-17-28/h1-24,34H/t34-/m0/s1. The molecule has 5 rings (SSSR count). The molecule has 0 aromatic heterocycles. The van der Waals surface area contributed by atoms with Gasteiger partial charge in [-0.25, -0.2) is 4.99 Å². The van der Waals surface area contributed by atoms with Gasteiger partial charge in [-0.3, -0.25) is 15.1 Å². The molecule has 0 aliphatic heterocycles. The minimum absolute atomic E-state index is 0.0275. The van der Waals surface area contributed by atoms with Gasteiger partial charge in [-0.15, -0.1) is 0 Å². The SMILES string of the molecule is O=[N+]([O-])c1cccc(C=N[C@@H](c2ccccc2)c2ccccc2N=C=C(c2ccccc2)c2ccccc2)c1. The van der Waals surface area contributed by atoms with Gasteiger partial charge in [0.25, 0.3) is 5.69 Å². The van der Waals surface area contributed by atoms with Crippen LogP contribution in [0.3, 0.4) is 0 Å². The number of hydrogen-bond acceptors (Lipinski definition) is 4. The number of nitrogens with zero attached hydrogens (tertiary/aromatic N) is 3. The largest absolute Gasteiger partial charge is 0.280 e. The van der Waals surface area contributed by atoms with E-state index in [0.29, 0.717) is 5.56 Å². The summed E-state index contributed by atoms with van der Waals surface area (Å²) in [6, 6.07) is 44.1. The van der Waals surface area contributed by atoms with Gasteiger partial charge in [0.05, 0.1) is 16.2 Å². The third-order valence-corrected chi connectivity index (χ3v) is 6.21. The van der Waals surface area contributed by atoms with Crippen LogP contribution in [0.1, 0.15) is 33.9 Å². The molecule has 0 bridgehead atoms. The molecule has 188 valence electrons. The van der Waals surface area contributed by atoms with Gasteiger partial charge in [0.15, 0.2) is 0 Å². The van der Waals surface area contributed by atoms with Gasteiger partial charge < -0.3 is 0 Å². The summed E-state index contributed by atoms with van der Waals surface area (Å²) < 4.78 is 0. The third kappa shape index (κ3) is 6.31. The number of hydrogen-bond donors (Lipinski definition) is 0. The Morgan fingerprint density at radius 1 is 0.718 bits per heavy atom. The summed E-state index contributed by atoms with van der Waals surface area (Å²) in [5, 5.41) is 11.3. The molecular weight excluding hydrogens is 482 g/mol. The van der Waals surface area contributed by atoms with E-state index in [2.05, 4.69) is 5.87 Å². The monoisotopic (exact) mass is 507 g/mol. The van der Waals surface area contributed by atoms with Crippen LogP contribution in [0.4, 0.5) is 11.4 Å². The number of rotatable bonds is 8. The van der Waals surface area contributed by atoms with E-state index in [1.54, 1.807) is 18.3 Å². The van der Waals surface area contributed by atoms with Gasteiger partial charge in [-0.2, -0.15) is 0 Å². The van der Waals surface area contributed by atoms with Gasteiger partial charge in [-0.1, -0.05) is 121 Å². The first-order valence-corrected chi connectivity index (χ1v) is 12.5. The van der Waals surface area contributed by atoms with E-state index < -0.39 is 4.92 Å². The molecule has 0 aliphatic carbocycles. The van der Waals surface area contributed by atoms with Crippen molar-refractivity contribution in [1.82, 2.24) is 0 Å². The highest BCUT2D eigenvalue weighted by Gasteiger charge is 2.16. The van der Waals surface area contributed by atoms with Crippen molar-refractivity contribution in [2.75, 3.05) is 0 Å². The number of nitro benzene ring substituents is 1. The second kappa shape index (κ2) is 12.2. The van der Waals surface area contributed by atoms with Crippen molar-refractivity contribution in [1.29, 1.82) is 0 Å². The highest BCUT2D eigenvalue weighted by atomic mass is 16.6. The average Bonchev–Trinajstić information content (AvgIpc) is 3.00. The maximum atomic E-state index is 11.3. The molecule has 0 amide bonds. The zero-order valence-electron chi connectivity index (χ0n) is 21.1. The molecule has 5 nitrogen and oxygen atoms in total. The van der Waals surface area contributed by atoms with Crippen LogP contribution in [0.15, 0.2) is 150 Å². The second-order valence-electron chi connectivity index (χ2n) is 8.83. The van der Waals surface area contributed by atoms with Gasteiger partial charge in [-0.05, 0) is 34.2 Å². The van der Waals surface area contributed by atoms with Crippen LogP contribution in [0.5, 0.6) is 0 Å². The predicted octanol–water partition coefficient (Wildman–Crippen LogP) is 8.24. The molecule has 5 aromatic carbocycles. The molecule has 39 heavy (non-hydrogen) atoms. The lowest BCUT2D eigenvalue weighted by Crippen LogP contribution is -2.00. The van der Waals surface area contributed by atoms with Crippen LogP contribution in [0.2, 0.25) is 0 Å². The Labute approximate surface area is 227 Å². The van der Waals surface area contributed by atoms with E-state index in [0.717, 1.165) is 33.5 Å². The molecule has 0 heterocycles. The molecule has 0 radical (unpaired) electrons. The minimum Gasteiger partial charge on any atom is -0.280 e. The summed E-state index contributed by atoms with van der Waals surface area (Å²) in [4.78, 5) is 20.6. The lowest BCUT2D eigenvalue weighted by Gasteiger charge is -2.15. The molecule has 0 unspecified atom stereocenters. The maximum absolute atomic E-state index is 11.3. The topological polar surface area (TPSA) is 67.9 Å². The van der Waals surface area contributed by atoms with Crippen molar-refractivity contribution in [2.45, 2.75) is 6.04 Å². The Balaban J connectivity index is 1.61. The van der Waals surface area contributed by atoms with Gasteiger partial charge >= 0.3 is 0 Å². The summed E-state index contributed by atoms with van der Waals surface area (Å²) in [7, 11) is 0. The van der Waals surface area contributed by atoms with E-state index in [1.165, 1.54) is 12.1 Å². The Morgan fingerprint density at radius 2 is 1.31 bits per heavy atom. The fourth-order valence-corrected chi connectivity index (χ4v) is 4.30. The van der Waals surface area contributed by atoms with Crippen LogP contribution < -0.4 is 0 Å². The Morgan fingerprint density at radius 3 is 1.95 bits per heavy atom. The molecule has 1 atom stereocenters. The van der Waals surface area contributed by atoms with E-state index in [1.807, 2.05) is 115 Å². The second-order valence-corrected chi connectivity index (χ2v) is 8.83. The minimum atomic E-state index is -0.403. The van der Waals surface area contributed by atoms with Crippen molar-refractivity contribution < 1.29 is 4.92 Å². The molecule has 0 aliphatic rings. The summed E-state index contributed by atoms with van der Waals surface area (Å²) >= 11 is 0. The Kier molecular flexibility index (Phi) is 7.93. The normalized spacial score (nSPS) is 11.5. The summed E-state index contributed by atoms with van der Waals surface area (Å²) in [6.07, 6.45) is 1.68.